The third kappa shape index (κ3) is 4.89. The van der Waals surface area contributed by atoms with Crippen LogP contribution in [0.2, 0.25) is 0 Å². The highest BCUT2D eigenvalue weighted by Gasteiger charge is 2.22. The van der Waals surface area contributed by atoms with Crippen molar-refractivity contribution in [3.63, 3.8) is 0 Å². The Labute approximate surface area is 182 Å². The van der Waals surface area contributed by atoms with Crippen molar-refractivity contribution in [2.24, 2.45) is 0 Å². The number of carboxylic acids is 1. The van der Waals surface area contributed by atoms with Crippen molar-refractivity contribution >= 4 is 17.7 Å². The average Bonchev–Trinajstić information content (AvgIpc) is 2.99. The summed E-state index contributed by atoms with van der Waals surface area (Å²) in [4.78, 5) is 13.2. The lowest BCUT2D eigenvalue weighted by Gasteiger charge is -2.11. The van der Waals surface area contributed by atoms with Crippen LogP contribution in [0.5, 0.6) is 5.75 Å². The first-order valence-corrected chi connectivity index (χ1v) is 11.1. The van der Waals surface area contributed by atoms with Crippen LogP contribution in [0.4, 0.5) is 0 Å². The number of hydrogen-bond donors (Lipinski definition) is 2. The van der Waals surface area contributed by atoms with E-state index >= 15 is 0 Å². The van der Waals surface area contributed by atoms with Gasteiger partial charge in [0, 0.05) is 41.5 Å². The largest absolute Gasteiger partial charge is 0.497 e. The maximum absolute atomic E-state index is 12.0. The second kappa shape index (κ2) is 9.87. The molecule has 1 heterocycles. The maximum atomic E-state index is 12.0. The average molecular weight is 425 g/mol. The van der Waals surface area contributed by atoms with Gasteiger partial charge >= 0.3 is 5.97 Å². The minimum atomic E-state index is -0.888. The van der Waals surface area contributed by atoms with Gasteiger partial charge in [-0.15, -0.1) is 11.8 Å². The molecule has 158 valence electrons. The van der Waals surface area contributed by atoms with Crippen LogP contribution < -0.4 is 10.1 Å². The number of carboxylic acid groups (broad SMARTS) is 1. The highest BCUT2D eigenvalue weighted by molar-refractivity contribution is 7.98. The molecular weight excluding hydrogens is 396 g/mol. The fourth-order valence-corrected chi connectivity index (χ4v) is 4.12. The van der Waals surface area contributed by atoms with Crippen molar-refractivity contribution in [2.45, 2.75) is 38.4 Å². The Bertz CT molecular complexity index is 1030. The number of rotatable bonds is 9. The molecule has 0 saturated heterocycles. The maximum Gasteiger partial charge on any atom is 0.337 e. The van der Waals surface area contributed by atoms with E-state index in [1.807, 2.05) is 38.1 Å². The minimum Gasteiger partial charge on any atom is -0.497 e. The monoisotopic (exact) mass is 424 g/mol. The van der Waals surface area contributed by atoms with Crippen LogP contribution in [0, 0.1) is 13.8 Å². The molecule has 0 radical (unpaired) electrons. The first-order valence-electron chi connectivity index (χ1n) is 9.83. The van der Waals surface area contributed by atoms with E-state index in [-0.39, 0.29) is 0 Å². The van der Waals surface area contributed by atoms with E-state index in [4.69, 9.17) is 4.74 Å². The van der Waals surface area contributed by atoms with Crippen LogP contribution >= 0.6 is 11.8 Å². The number of methoxy groups -OCH3 is 1. The fourth-order valence-electron chi connectivity index (χ4n) is 3.71. The van der Waals surface area contributed by atoms with Crippen LogP contribution in [0.25, 0.3) is 0 Å². The smallest absolute Gasteiger partial charge is 0.337 e. The molecule has 0 spiro atoms. The Morgan fingerprint density at radius 1 is 1.07 bits per heavy atom. The van der Waals surface area contributed by atoms with E-state index in [2.05, 4.69) is 40.4 Å². The number of aromatic nitrogens is 1. The first kappa shape index (κ1) is 22.0. The van der Waals surface area contributed by atoms with Crippen LogP contribution in [0.15, 0.2) is 53.4 Å². The lowest BCUT2D eigenvalue weighted by atomic mass is 10.1. The summed E-state index contributed by atoms with van der Waals surface area (Å²) in [6.07, 6.45) is 2.06. The molecule has 1 aromatic heterocycles. The molecule has 6 heteroatoms. The highest BCUT2D eigenvalue weighted by atomic mass is 32.2. The highest BCUT2D eigenvalue weighted by Crippen LogP contribution is 2.25. The Balaban J connectivity index is 1.80. The van der Waals surface area contributed by atoms with Gasteiger partial charge in [-0.3, -0.25) is 0 Å². The zero-order chi connectivity index (χ0) is 21.7. The molecular formula is C24H28N2O3S. The van der Waals surface area contributed by atoms with Gasteiger partial charge in [0.1, 0.15) is 5.75 Å². The van der Waals surface area contributed by atoms with Crippen LogP contribution in [-0.2, 0) is 19.6 Å². The third-order valence-corrected chi connectivity index (χ3v) is 6.13. The van der Waals surface area contributed by atoms with Gasteiger partial charge in [0.15, 0.2) is 0 Å². The van der Waals surface area contributed by atoms with E-state index in [1.165, 1.54) is 10.5 Å². The molecule has 0 unspecified atom stereocenters. The van der Waals surface area contributed by atoms with E-state index in [9.17, 15) is 9.90 Å². The predicted molar refractivity (Wildman–Crippen MR) is 122 cm³/mol. The molecule has 0 fully saturated rings. The van der Waals surface area contributed by atoms with Crippen molar-refractivity contribution < 1.29 is 14.6 Å². The number of ether oxygens (including phenoxy) is 1. The summed E-state index contributed by atoms with van der Waals surface area (Å²) in [5, 5.41) is 13.3. The molecule has 0 aliphatic carbocycles. The molecule has 0 amide bonds. The first-order chi connectivity index (χ1) is 14.4. The lowest BCUT2D eigenvalue weighted by molar-refractivity contribution is 0.0694. The minimum absolute atomic E-state index is 0.389. The SMILES string of the molecule is COc1cccc(Cn2c(C)c(CNCc3ccc(SC)cc3)c(C(=O)O)c2C)c1. The van der Waals surface area contributed by atoms with Gasteiger partial charge in [-0.25, -0.2) is 4.79 Å². The van der Waals surface area contributed by atoms with Crippen molar-refractivity contribution in [1.82, 2.24) is 9.88 Å². The Hall–Kier alpha value is -2.70. The number of carbonyl (C=O) groups is 1. The Morgan fingerprint density at radius 3 is 2.43 bits per heavy atom. The Morgan fingerprint density at radius 2 is 1.80 bits per heavy atom. The van der Waals surface area contributed by atoms with Crippen LogP contribution in [0.1, 0.15) is 38.4 Å². The van der Waals surface area contributed by atoms with Gasteiger partial charge in [-0.05, 0) is 55.5 Å². The molecule has 0 aliphatic heterocycles. The van der Waals surface area contributed by atoms with Gasteiger partial charge in [-0.2, -0.15) is 0 Å². The van der Waals surface area contributed by atoms with Gasteiger partial charge in [-0.1, -0.05) is 24.3 Å². The van der Waals surface area contributed by atoms with Crippen molar-refractivity contribution in [3.05, 3.63) is 82.2 Å². The second-order valence-corrected chi connectivity index (χ2v) is 8.10. The zero-order valence-corrected chi connectivity index (χ0v) is 18.7. The molecule has 0 atom stereocenters. The Kier molecular flexibility index (Phi) is 7.24. The van der Waals surface area contributed by atoms with Gasteiger partial charge < -0.3 is 19.7 Å². The molecule has 30 heavy (non-hydrogen) atoms. The van der Waals surface area contributed by atoms with E-state index in [1.54, 1.807) is 18.9 Å². The molecule has 0 aliphatic rings. The fraction of sp³-hybridized carbons (Fsp3) is 0.292. The van der Waals surface area contributed by atoms with Crippen molar-refractivity contribution in [3.8, 4) is 5.75 Å². The topological polar surface area (TPSA) is 63.5 Å². The van der Waals surface area contributed by atoms with E-state index < -0.39 is 5.97 Å². The molecule has 3 aromatic rings. The second-order valence-electron chi connectivity index (χ2n) is 7.22. The van der Waals surface area contributed by atoms with Crippen LogP contribution in [0.3, 0.4) is 0 Å². The summed E-state index contributed by atoms with van der Waals surface area (Å²) in [7, 11) is 1.65. The van der Waals surface area contributed by atoms with Gasteiger partial charge in [0.2, 0.25) is 0 Å². The number of thioether (sulfide) groups is 1. The summed E-state index contributed by atoms with van der Waals surface area (Å²) in [6.45, 7) is 5.66. The quantitative estimate of drug-likeness (QED) is 0.480. The summed E-state index contributed by atoms with van der Waals surface area (Å²) in [5.74, 6) is -0.0936. The lowest BCUT2D eigenvalue weighted by Crippen LogP contribution is -2.15. The molecule has 0 saturated carbocycles. The zero-order valence-electron chi connectivity index (χ0n) is 17.9. The standard InChI is InChI=1S/C24H28N2O3S/c1-16-22(14-25-13-18-8-10-21(30-4)11-9-18)23(24(27)28)17(2)26(16)15-19-6-5-7-20(12-19)29-3/h5-12,25H,13-15H2,1-4H3,(H,27,28). The number of aromatic carboxylic acids is 1. The summed E-state index contributed by atoms with van der Waals surface area (Å²) in [6, 6.07) is 16.3. The molecule has 5 nitrogen and oxygen atoms in total. The van der Waals surface area contributed by atoms with Gasteiger partial charge in [0.05, 0.1) is 12.7 Å². The van der Waals surface area contributed by atoms with E-state index in [0.29, 0.717) is 25.2 Å². The summed E-state index contributed by atoms with van der Waals surface area (Å²) in [5.41, 5.74) is 5.21. The summed E-state index contributed by atoms with van der Waals surface area (Å²) < 4.78 is 7.39. The van der Waals surface area contributed by atoms with Gasteiger partial charge in [0.25, 0.3) is 0 Å². The van der Waals surface area contributed by atoms with Crippen molar-refractivity contribution in [1.29, 1.82) is 0 Å². The molecule has 3 rings (SSSR count). The van der Waals surface area contributed by atoms with Crippen molar-refractivity contribution in [2.75, 3.05) is 13.4 Å². The van der Waals surface area contributed by atoms with E-state index in [0.717, 1.165) is 28.3 Å². The third-order valence-electron chi connectivity index (χ3n) is 5.39. The number of nitrogens with zero attached hydrogens (tertiary/aromatic N) is 1. The molecule has 2 N–H and O–H groups in total. The number of nitrogens with one attached hydrogen (secondary N) is 1. The number of hydrogen-bond acceptors (Lipinski definition) is 4. The van der Waals surface area contributed by atoms with Crippen LogP contribution in [-0.4, -0.2) is 29.0 Å². The molecule has 0 bridgehead atoms. The molecule has 2 aromatic carbocycles. The normalized spacial score (nSPS) is 10.9. The number of benzene rings is 2. The predicted octanol–water partition coefficient (Wildman–Crippen LogP) is 4.87. The summed E-state index contributed by atoms with van der Waals surface area (Å²) >= 11 is 1.72.